The molecule has 33 heavy (non-hydrogen) atoms. The van der Waals surface area contributed by atoms with E-state index >= 15 is 0 Å². The third-order valence-electron chi connectivity index (χ3n) is 7.09. The van der Waals surface area contributed by atoms with Crippen LogP contribution < -0.4 is 15.8 Å². The van der Waals surface area contributed by atoms with Crippen LogP contribution in [0.1, 0.15) is 49.7 Å². The highest BCUT2D eigenvalue weighted by Crippen LogP contribution is 2.24. The maximum atomic E-state index is 13.7. The second-order valence-corrected chi connectivity index (χ2v) is 9.58. The molecule has 1 N–H and O–H groups in total. The van der Waals surface area contributed by atoms with Gasteiger partial charge in [-0.25, -0.2) is 4.98 Å². The van der Waals surface area contributed by atoms with Gasteiger partial charge in [-0.15, -0.1) is 0 Å². The summed E-state index contributed by atoms with van der Waals surface area (Å²) >= 11 is 0. The van der Waals surface area contributed by atoms with Crippen molar-refractivity contribution in [3.05, 3.63) is 70.0 Å². The first-order valence-electron chi connectivity index (χ1n) is 12.2. The van der Waals surface area contributed by atoms with Crippen LogP contribution in [-0.4, -0.2) is 34.6 Å². The van der Waals surface area contributed by atoms with Crippen LogP contribution in [0.5, 0.6) is 0 Å². The van der Waals surface area contributed by atoms with Crippen LogP contribution in [0.15, 0.2) is 53.3 Å². The molecule has 3 aromatic rings. The first kappa shape index (κ1) is 21.7. The zero-order chi connectivity index (χ0) is 22.8. The molecule has 1 atom stereocenters. The molecule has 172 valence electrons. The van der Waals surface area contributed by atoms with Crippen molar-refractivity contribution in [3.63, 3.8) is 0 Å². The number of carbonyl (C=O) groups is 1. The number of hydrogen-bond acceptors (Lipinski definition) is 4. The second-order valence-electron chi connectivity index (χ2n) is 9.58. The Bertz CT molecular complexity index is 1190. The van der Waals surface area contributed by atoms with Gasteiger partial charge in [-0.2, -0.15) is 0 Å². The lowest BCUT2D eigenvalue weighted by atomic mass is 9.96. The van der Waals surface area contributed by atoms with Crippen molar-refractivity contribution >= 4 is 22.8 Å². The van der Waals surface area contributed by atoms with Crippen LogP contribution in [0, 0.1) is 12.8 Å². The summed E-state index contributed by atoms with van der Waals surface area (Å²) in [6, 6.07) is 16.4. The number of rotatable bonds is 5. The third kappa shape index (κ3) is 4.65. The van der Waals surface area contributed by atoms with Gasteiger partial charge < -0.3 is 10.2 Å². The number of aromatic nitrogens is 2. The predicted octanol–water partition coefficient (Wildman–Crippen LogP) is 4.03. The van der Waals surface area contributed by atoms with Crippen LogP contribution in [0.25, 0.3) is 11.0 Å². The molecule has 6 heteroatoms. The summed E-state index contributed by atoms with van der Waals surface area (Å²) in [4.78, 5) is 33.4. The Hall–Kier alpha value is -3.15. The number of anilines is 1. The van der Waals surface area contributed by atoms with Gasteiger partial charge in [-0.05, 0) is 50.3 Å². The van der Waals surface area contributed by atoms with Crippen LogP contribution in [-0.2, 0) is 11.3 Å². The van der Waals surface area contributed by atoms with Gasteiger partial charge >= 0.3 is 0 Å². The van der Waals surface area contributed by atoms with Crippen molar-refractivity contribution in [2.24, 2.45) is 5.92 Å². The molecule has 1 saturated carbocycles. The van der Waals surface area contributed by atoms with Gasteiger partial charge in [-0.3, -0.25) is 14.2 Å². The second kappa shape index (κ2) is 9.38. The number of nitrogens with one attached hydrogen (secondary N) is 1. The first-order valence-corrected chi connectivity index (χ1v) is 12.2. The van der Waals surface area contributed by atoms with Crippen molar-refractivity contribution < 1.29 is 4.79 Å². The summed E-state index contributed by atoms with van der Waals surface area (Å²) in [5.74, 6) is 0.490. The van der Waals surface area contributed by atoms with E-state index in [0.29, 0.717) is 24.9 Å². The van der Waals surface area contributed by atoms with Crippen LogP contribution in [0.4, 0.5) is 5.82 Å². The number of nitrogens with zero attached hydrogens (tertiary/aromatic N) is 3. The van der Waals surface area contributed by atoms with Crippen molar-refractivity contribution in [2.75, 3.05) is 18.0 Å². The zero-order valence-corrected chi connectivity index (χ0v) is 19.3. The average Bonchev–Trinajstić information content (AvgIpc) is 3.35. The highest BCUT2D eigenvalue weighted by molar-refractivity contribution is 5.80. The Kier molecular flexibility index (Phi) is 6.16. The summed E-state index contributed by atoms with van der Waals surface area (Å²) in [7, 11) is 0. The van der Waals surface area contributed by atoms with Crippen molar-refractivity contribution in [1.29, 1.82) is 0 Å². The molecule has 1 aromatic heterocycles. The molecule has 2 aromatic carbocycles. The molecular formula is C27H32N4O2. The van der Waals surface area contributed by atoms with E-state index in [1.54, 1.807) is 0 Å². The van der Waals surface area contributed by atoms with Crippen LogP contribution in [0.2, 0.25) is 0 Å². The lowest BCUT2D eigenvalue weighted by Crippen LogP contribution is -2.47. The highest BCUT2D eigenvalue weighted by atomic mass is 16.2. The smallest absolute Gasteiger partial charge is 0.294 e. The SMILES string of the molecule is Cc1ccc(Cn2c(=O)c(N3CCCC(C(=O)NC4CCCC4)C3)nc3ccccc32)cc1. The number of hydrogen-bond donors (Lipinski definition) is 1. The summed E-state index contributed by atoms with van der Waals surface area (Å²) in [6.07, 6.45) is 6.30. The maximum absolute atomic E-state index is 13.7. The van der Waals surface area contributed by atoms with E-state index in [0.717, 1.165) is 48.8 Å². The molecule has 1 aliphatic heterocycles. The quantitative estimate of drug-likeness (QED) is 0.645. The van der Waals surface area contributed by atoms with Gasteiger partial charge in [0.25, 0.3) is 5.56 Å². The van der Waals surface area contributed by atoms with Gasteiger partial charge in [0.15, 0.2) is 5.82 Å². The normalized spacial score (nSPS) is 19.2. The topological polar surface area (TPSA) is 67.2 Å². The molecule has 1 amide bonds. The van der Waals surface area contributed by atoms with E-state index in [2.05, 4.69) is 36.5 Å². The fourth-order valence-electron chi connectivity index (χ4n) is 5.19. The molecule has 0 bridgehead atoms. The van der Waals surface area contributed by atoms with Crippen LogP contribution >= 0.6 is 0 Å². The molecule has 6 nitrogen and oxygen atoms in total. The van der Waals surface area contributed by atoms with Crippen molar-refractivity contribution in [2.45, 2.75) is 58.0 Å². The minimum absolute atomic E-state index is 0.0915. The molecule has 0 radical (unpaired) electrons. The Morgan fingerprint density at radius 1 is 1.03 bits per heavy atom. The molecule has 2 heterocycles. The molecule has 1 aliphatic carbocycles. The number of amides is 1. The first-order chi connectivity index (χ1) is 16.1. The minimum atomic E-state index is -0.0995. The lowest BCUT2D eigenvalue weighted by Gasteiger charge is -2.33. The largest absolute Gasteiger partial charge is 0.353 e. The summed E-state index contributed by atoms with van der Waals surface area (Å²) < 4.78 is 1.82. The van der Waals surface area contributed by atoms with Crippen molar-refractivity contribution in [3.8, 4) is 0 Å². The number of para-hydroxylation sites is 2. The molecule has 1 saturated heterocycles. The minimum Gasteiger partial charge on any atom is -0.353 e. The molecule has 0 spiro atoms. The number of piperidine rings is 1. The Morgan fingerprint density at radius 3 is 2.58 bits per heavy atom. The van der Waals surface area contributed by atoms with E-state index < -0.39 is 0 Å². The Labute approximate surface area is 194 Å². The van der Waals surface area contributed by atoms with Gasteiger partial charge in [-0.1, -0.05) is 54.8 Å². The Morgan fingerprint density at radius 2 is 1.79 bits per heavy atom. The van der Waals surface area contributed by atoms with E-state index in [9.17, 15) is 9.59 Å². The number of aryl methyl sites for hydroxylation is 1. The average molecular weight is 445 g/mol. The van der Waals surface area contributed by atoms with Crippen LogP contribution in [0.3, 0.4) is 0 Å². The van der Waals surface area contributed by atoms with E-state index in [4.69, 9.17) is 4.98 Å². The molecule has 5 rings (SSSR count). The van der Waals surface area contributed by atoms with Gasteiger partial charge in [0, 0.05) is 19.1 Å². The monoisotopic (exact) mass is 444 g/mol. The van der Waals surface area contributed by atoms with Gasteiger partial charge in [0.05, 0.1) is 23.5 Å². The molecule has 2 fully saturated rings. The summed E-state index contributed by atoms with van der Waals surface area (Å²) in [5, 5.41) is 3.24. The van der Waals surface area contributed by atoms with Gasteiger partial charge in [0.1, 0.15) is 0 Å². The highest BCUT2D eigenvalue weighted by Gasteiger charge is 2.30. The number of fused-ring (bicyclic) bond motifs is 1. The molecule has 2 aliphatic rings. The summed E-state index contributed by atoms with van der Waals surface area (Å²) in [6.45, 7) is 3.85. The van der Waals surface area contributed by atoms with E-state index in [1.807, 2.05) is 33.7 Å². The fraction of sp³-hybridized carbons (Fsp3) is 0.444. The molecule has 1 unspecified atom stereocenters. The maximum Gasteiger partial charge on any atom is 0.294 e. The van der Waals surface area contributed by atoms with E-state index in [1.165, 1.54) is 18.4 Å². The van der Waals surface area contributed by atoms with Crippen molar-refractivity contribution in [1.82, 2.24) is 14.9 Å². The lowest BCUT2D eigenvalue weighted by molar-refractivity contribution is -0.125. The number of carbonyl (C=O) groups excluding carboxylic acids is 1. The fourth-order valence-corrected chi connectivity index (χ4v) is 5.19. The number of benzene rings is 2. The zero-order valence-electron chi connectivity index (χ0n) is 19.3. The Balaban J connectivity index is 1.44. The predicted molar refractivity (Wildman–Crippen MR) is 132 cm³/mol. The molecular weight excluding hydrogens is 412 g/mol. The summed E-state index contributed by atoms with van der Waals surface area (Å²) in [5.41, 5.74) is 3.82. The third-order valence-corrected chi connectivity index (χ3v) is 7.09. The van der Waals surface area contributed by atoms with E-state index in [-0.39, 0.29) is 17.4 Å². The standard InChI is InChI=1S/C27H32N4O2/c1-19-12-14-20(15-13-19)17-31-24-11-5-4-10-23(24)29-25(27(31)33)30-16-6-7-21(18-30)26(32)28-22-8-2-3-9-22/h4-5,10-15,21-22H,2-3,6-9,16-18H2,1H3,(H,28,32). The van der Waals surface area contributed by atoms with Gasteiger partial charge in [0.2, 0.25) is 5.91 Å².